The highest BCUT2D eigenvalue weighted by Crippen LogP contribution is 2.64. The monoisotopic (exact) mass is 629 g/mol. The van der Waals surface area contributed by atoms with Crippen LogP contribution < -0.4 is 9.64 Å². The lowest BCUT2D eigenvalue weighted by Crippen LogP contribution is -2.59. The number of carbonyl (C=O) groups excluding carboxylic acids is 3. The van der Waals surface area contributed by atoms with Crippen LogP contribution in [0.5, 0.6) is 5.75 Å². The normalized spacial score (nSPS) is 27.0. The average Bonchev–Trinajstić information content (AvgIpc) is 3.61. The summed E-state index contributed by atoms with van der Waals surface area (Å²) in [7, 11) is 0. The number of hydrogen-bond acceptors (Lipinski definition) is 6. The number of fused-ring (bicyclic) bond motifs is 1. The van der Waals surface area contributed by atoms with Crippen molar-refractivity contribution in [1.82, 2.24) is 9.80 Å². The second-order valence-electron chi connectivity index (χ2n) is 13.1. The second kappa shape index (κ2) is 13.4. The molecule has 0 aliphatic carbocycles. The Labute approximate surface area is 272 Å². The number of amides is 3. The fraction of sp³-hybridized carbons (Fsp3) is 0.486. The summed E-state index contributed by atoms with van der Waals surface area (Å²) in [5.74, 6) is -2.03. The van der Waals surface area contributed by atoms with Crippen LogP contribution in [0.25, 0.3) is 0 Å². The summed E-state index contributed by atoms with van der Waals surface area (Å²) in [5.41, 5.74) is -0.584. The van der Waals surface area contributed by atoms with E-state index in [1.54, 1.807) is 26.9 Å². The number of benzene rings is 2. The predicted octanol–water partition coefficient (Wildman–Crippen LogP) is 4.60. The molecule has 3 aliphatic rings. The number of aliphatic hydroxyl groups is 1. The lowest BCUT2D eigenvalue weighted by atomic mass is 9.66. The maximum absolute atomic E-state index is 14.8. The smallest absolute Gasteiger partial charge is 0.249 e. The Morgan fingerprint density at radius 1 is 1.07 bits per heavy atom. The molecule has 5 rings (SSSR count). The van der Waals surface area contributed by atoms with Crippen LogP contribution in [0.1, 0.15) is 46.1 Å². The molecule has 3 amide bonds. The Balaban J connectivity index is 1.58. The third-order valence-electron chi connectivity index (χ3n) is 9.94. The van der Waals surface area contributed by atoms with Gasteiger partial charge in [0.15, 0.2) is 0 Å². The first-order valence-corrected chi connectivity index (χ1v) is 16.3. The SMILES string of the molecule is C=CCN(Cc1ccccc1)C(=O)C1N([C@@H](CO)C(C)C)C(=O)[C@@H]2[C@H](C(=O)N(CC=C)c3ccc(OCC)cc3)[C@]3(C)CCC12O3. The van der Waals surface area contributed by atoms with Crippen molar-refractivity contribution in [3.05, 3.63) is 85.5 Å². The zero-order chi connectivity index (χ0) is 33.2. The largest absolute Gasteiger partial charge is 0.494 e. The molecule has 0 saturated carbocycles. The van der Waals surface area contributed by atoms with Crippen LogP contribution in [-0.4, -0.2) is 82.2 Å². The van der Waals surface area contributed by atoms with Crippen molar-refractivity contribution in [2.75, 3.05) is 31.2 Å². The van der Waals surface area contributed by atoms with E-state index >= 15 is 0 Å². The molecule has 2 bridgehead atoms. The fourth-order valence-corrected chi connectivity index (χ4v) is 7.87. The highest BCUT2D eigenvalue weighted by atomic mass is 16.5. The molecule has 46 heavy (non-hydrogen) atoms. The summed E-state index contributed by atoms with van der Waals surface area (Å²) in [6, 6.07) is 15.3. The lowest BCUT2D eigenvalue weighted by molar-refractivity contribution is -0.156. The van der Waals surface area contributed by atoms with E-state index < -0.39 is 35.1 Å². The predicted molar refractivity (Wildman–Crippen MR) is 177 cm³/mol. The Morgan fingerprint density at radius 3 is 2.33 bits per heavy atom. The first kappa shape index (κ1) is 33.4. The maximum Gasteiger partial charge on any atom is 0.249 e. The zero-order valence-corrected chi connectivity index (χ0v) is 27.4. The van der Waals surface area contributed by atoms with Gasteiger partial charge < -0.3 is 29.3 Å². The molecule has 9 nitrogen and oxygen atoms in total. The van der Waals surface area contributed by atoms with Crippen molar-refractivity contribution in [2.45, 2.75) is 70.4 Å². The van der Waals surface area contributed by atoms with Crippen LogP contribution in [0, 0.1) is 17.8 Å². The molecule has 1 N–H and O–H groups in total. The molecule has 2 aromatic rings. The van der Waals surface area contributed by atoms with Crippen LogP contribution in [0.3, 0.4) is 0 Å². The van der Waals surface area contributed by atoms with E-state index in [-0.39, 0.29) is 43.3 Å². The van der Waals surface area contributed by atoms with Gasteiger partial charge in [0.05, 0.1) is 36.7 Å². The summed E-state index contributed by atoms with van der Waals surface area (Å²) in [5, 5.41) is 10.6. The van der Waals surface area contributed by atoms with Gasteiger partial charge >= 0.3 is 0 Å². The Hall–Kier alpha value is -3.95. The maximum atomic E-state index is 14.8. The first-order chi connectivity index (χ1) is 22.1. The highest BCUT2D eigenvalue weighted by molar-refractivity contribution is 6.03. The van der Waals surface area contributed by atoms with Crippen LogP contribution >= 0.6 is 0 Å². The minimum absolute atomic E-state index is 0.149. The molecule has 2 unspecified atom stereocenters. The number of ether oxygens (including phenoxy) is 2. The fourth-order valence-electron chi connectivity index (χ4n) is 7.87. The number of rotatable bonds is 14. The van der Waals surface area contributed by atoms with Gasteiger partial charge in [-0.1, -0.05) is 56.3 Å². The highest BCUT2D eigenvalue weighted by Gasteiger charge is 2.79. The molecule has 9 heteroatoms. The molecule has 3 fully saturated rings. The van der Waals surface area contributed by atoms with Gasteiger partial charge in [0.1, 0.15) is 17.4 Å². The molecular formula is C37H47N3O6. The Bertz CT molecular complexity index is 1440. The third kappa shape index (κ3) is 5.64. The van der Waals surface area contributed by atoms with Gasteiger partial charge in [0.2, 0.25) is 17.7 Å². The molecule has 6 atom stereocenters. The standard InChI is InChI=1S/C37H47N3O6/c1-7-21-38(23-26-13-11-10-12-14-26)35(44)32-37-20-19-36(6,46-37)30(31(37)34(43)40(32)29(24-41)25(4)5)33(42)39(22-8-2)27-15-17-28(18-16-27)45-9-3/h7-8,10-18,25,29-32,41H,1-2,9,19-24H2,3-6H3/t29-,30+,31-,32?,36-,37?/m0/s1. The van der Waals surface area contributed by atoms with Gasteiger partial charge in [-0.2, -0.15) is 0 Å². The lowest BCUT2D eigenvalue weighted by Gasteiger charge is -2.40. The molecule has 0 aromatic heterocycles. The van der Waals surface area contributed by atoms with Crippen molar-refractivity contribution in [1.29, 1.82) is 0 Å². The summed E-state index contributed by atoms with van der Waals surface area (Å²) in [4.78, 5) is 49.1. The van der Waals surface area contributed by atoms with E-state index in [0.717, 1.165) is 5.56 Å². The van der Waals surface area contributed by atoms with Gasteiger partial charge in [-0.15, -0.1) is 13.2 Å². The molecule has 2 aromatic carbocycles. The van der Waals surface area contributed by atoms with Gasteiger partial charge in [0.25, 0.3) is 0 Å². The summed E-state index contributed by atoms with van der Waals surface area (Å²) >= 11 is 0. The van der Waals surface area contributed by atoms with Gasteiger partial charge in [-0.05, 0) is 62.4 Å². The first-order valence-electron chi connectivity index (χ1n) is 16.3. The summed E-state index contributed by atoms with van der Waals surface area (Å²) in [6.07, 6.45) is 4.30. The zero-order valence-electron chi connectivity index (χ0n) is 27.4. The van der Waals surface area contributed by atoms with Crippen LogP contribution in [-0.2, 0) is 25.7 Å². The van der Waals surface area contributed by atoms with E-state index in [1.165, 1.54) is 0 Å². The van der Waals surface area contributed by atoms with Crippen LogP contribution in [0.4, 0.5) is 5.69 Å². The van der Waals surface area contributed by atoms with Crippen molar-refractivity contribution in [2.24, 2.45) is 17.8 Å². The van der Waals surface area contributed by atoms with Gasteiger partial charge in [-0.25, -0.2) is 0 Å². The van der Waals surface area contributed by atoms with E-state index in [2.05, 4.69) is 13.2 Å². The minimum atomic E-state index is -1.22. The molecule has 246 valence electrons. The number of hydrogen-bond donors (Lipinski definition) is 1. The average molecular weight is 630 g/mol. The third-order valence-corrected chi connectivity index (χ3v) is 9.94. The molecule has 3 saturated heterocycles. The van der Waals surface area contributed by atoms with Crippen molar-refractivity contribution >= 4 is 23.4 Å². The van der Waals surface area contributed by atoms with Crippen LogP contribution in [0.2, 0.25) is 0 Å². The number of anilines is 1. The molecule has 3 aliphatic heterocycles. The number of carbonyl (C=O) groups is 3. The van der Waals surface area contributed by atoms with Crippen molar-refractivity contribution in [3.63, 3.8) is 0 Å². The molecule has 1 spiro atoms. The number of likely N-dealkylation sites (tertiary alicyclic amines) is 1. The Kier molecular flexibility index (Phi) is 9.75. The van der Waals surface area contributed by atoms with Gasteiger partial charge in [-0.3, -0.25) is 14.4 Å². The van der Waals surface area contributed by atoms with Crippen LogP contribution in [0.15, 0.2) is 79.9 Å². The minimum Gasteiger partial charge on any atom is -0.494 e. The number of aliphatic hydroxyl groups excluding tert-OH is 1. The van der Waals surface area contributed by atoms with E-state index in [0.29, 0.717) is 37.4 Å². The molecule has 3 heterocycles. The molecule has 0 radical (unpaired) electrons. The van der Waals surface area contributed by atoms with E-state index in [1.807, 2.05) is 82.3 Å². The van der Waals surface area contributed by atoms with Crippen molar-refractivity contribution < 1.29 is 29.0 Å². The Morgan fingerprint density at radius 2 is 1.74 bits per heavy atom. The number of nitrogens with zero attached hydrogens (tertiary/aromatic N) is 3. The summed E-state index contributed by atoms with van der Waals surface area (Å²) < 4.78 is 12.5. The topological polar surface area (TPSA) is 99.6 Å². The molecular weight excluding hydrogens is 582 g/mol. The van der Waals surface area contributed by atoms with E-state index in [9.17, 15) is 19.5 Å². The van der Waals surface area contributed by atoms with Gasteiger partial charge in [0, 0.05) is 25.3 Å². The van der Waals surface area contributed by atoms with Crippen molar-refractivity contribution in [3.8, 4) is 5.75 Å². The summed E-state index contributed by atoms with van der Waals surface area (Å²) in [6.45, 7) is 16.5. The van der Waals surface area contributed by atoms with E-state index in [4.69, 9.17) is 9.47 Å². The second-order valence-corrected chi connectivity index (χ2v) is 13.1. The quantitative estimate of drug-likeness (QED) is 0.307.